The minimum Gasteiger partial charge on any atom is -0.481 e. The molecule has 90 valence electrons. The number of aromatic nitrogens is 1. The average molecular weight is 249 g/mol. The molecule has 0 aliphatic heterocycles. The molecular formula is C13H15NO2S. The van der Waals surface area contributed by atoms with Crippen LogP contribution < -0.4 is 4.74 Å². The van der Waals surface area contributed by atoms with Crippen molar-refractivity contribution in [1.29, 1.82) is 0 Å². The second kappa shape index (κ2) is 5.29. The molecule has 0 spiro atoms. The van der Waals surface area contributed by atoms with Crippen LogP contribution in [0.2, 0.25) is 0 Å². The Kier molecular flexibility index (Phi) is 3.76. The number of methoxy groups -OCH3 is 1. The normalized spacial score (nSPS) is 12.4. The van der Waals surface area contributed by atoms with Gasteiger partial charge in [0.05, 0.1) is 13.2 Å². The van der Waals surface area contributed by atoms with Crippen molar-refractivity contribution in [2.75, 3.05) is 7.11 Å². The highest BCUT2D eigenvalue weighted by Gasteiger charge is 2.10. The lowest BCUT2D eigenvalue weighted by molar-refractivity contribution is 0.178. The van der Waals surface area contributed by atoms with Gasteiger partial charge in [-0.1, -0.05) is 6.07 Å². The fourth-order valence-corrected chi connectivity index (χ4v) is 2.38. The van der Waals surface area contributed by atoms with E-state index in [1.807, 2.05) is 24.4 Å². The van der Waals surface area contributed by atoms with Crippen LogP contribution in [0.4, 0.5) is 0 Å². The van der Waals surface area contributed by atoms with E-state index in [0.717, 1.165) is 11.1 Å². The Labute approximate surface area is 105 Å². The van der Waals surface area contributed by atoms with Crippen molar-refractivity contribution < 1.29 is 9.84 Å². The van der Waals surface area contributed by atoms with E-state index in [9.17, 15) is 5.11 Å². The smallest absolute Gasteiger partial charge is 0.212 e. The van der Waals surface area contributed by atoms with Crippen LogP contribution in [-0.4, -0.2) is 17.2 Å². The Morgan fingerprint density at radius 2 is 2.29 bits per heavy atom. The minimum absolute atomic E-state index is 0.463. The SMILES string of the molecule is COc1ccc(CC(O)c2csc(C)c2)cn1. The van der Waals surface area contributed by atoms with Crippen LogP contribution in [0.25, 0.3) is 0 Å². The molecule has 0 aliphatic rings. The van der Waals surface area contributed by atoms with Gasteiger partial charge in [-0.3, -0.25) is 0 Å². The Morgan fingerprint density at radius 1 is 1.47 bits per heavy atom. The summed E-state index contributed by atoms with van der Waals surface area (Å²) in [6, 6.07) is 5.75. The van der Waals surface area contributed by atoms with Crippen molar-refractivity contribution in [3.63, 3.8) is 0 Å². The minimum atomic E-state index is -0.463. The second-order valence-corrected chi connectivity index (χ2v) is 5.03. The number of hydrogen-bond acceptors (Lipinski definition) is 4. The number of thiophene rings is 1. The fraction of sp³-hybridized carbons (Fsp3) is 0.308. The summed E-state index contributed by atoms with van der Waals surface area (Å²) in [6.45, 7) is 2.04. The molecule has 0 bridgehead atoms. The number of nitrogens with zero attached hydrogens (tertiary/aromatic N) is 1. The molecule has 17 heavy (non-hydrogen) atoms. The topological polar surface area (TPSA) is 42.4 Å². The van der Waals surface area contributed by atoms with E-state index in [1.165, 1.54) is 4.88 Å². The van der Waals surface area contributed by atoms with E-state index < -0.39 is 6.10 Å². The maximum atomic E-state index is 10.1. The van der Waals surface area contributed by atoms with Gasteiger partial charge in [0.25, 0.3) is 0 Å². The van der Waals surface area contributed by atoms with E-state index >= 15 is 0 Å². The van der Waals surface area contributed by atoms with Gasteiger partial charge >= 0.3 is 0 Å². The van der Waals surface area contributed by atoms with E-state index in [-0.39, 0.29) is 0 Å². The summed E-state index contributed by atoms with van der Waals surface area (Å²) in [5.74, 6) is 0.592. The highest BCUT2D eigenvalue weighted by molar-refractivity contribution is 7.10. The number of pyridine rings is 1. The molecule has 0 fully saturated rings. The molecule has 0 saturated carbocycles. The first-order valence-corrected chi connectivity index (χ1v) is 6.29. The van der Waals surface area contributed by atoms with Crippen LogP contribution in [0.15, 0.2) is 29.8 Å². The number of hydrogen-bond donors (Lipinski definition) is 1. The van der Waals surface area contributed by atoms with Gasteiger partial charge < -0.3 is 9.84 Å². The van der Waals surface area contributed by atoms with Gasteiger partial charge in [-0.2, -0.15) is 0 Å². The van der Waals surface area contributed by atoms with Crippen molar-refractivity contribution in [2.45, 2.75) is 19.4 Å². The lowest BCUT2D eigenvalue weighted by atomic mass is 10.1. The number of ether oxygens (including phenoxy) is 1. The van der Waals surface area contributed by atoms with Crippen molar-refractivity contribution >= 4 is 11.3 Å². The molecule has 0 radical (unpaired) electrons. The predicted molar refractivity (Wildman–Crippen MR) is 68.5 cm³/mol. The summed E-state index contributed by atoms with van der Waals surface area (Å²) in [4.78, 5) is 5.33. The Balaban J connectivity index is 2.04. The van der Waals surface area contributed by atoms with E-state index in [4.69, 9.17) is 4.74 Å². The first kappa shape index (κ1) is 12.1. The van der Waals surface area contributed by atoms with Gasteiger partial charge in [-0.05, 0) is 29.5 Å². The van der Waals surface area contributed by atoms with Gasteiger partial charge in [0.15, 0.2) is 0 Å². The van der Waals surface area contributed by atoms with Gasteiger partial charge in [0.2, 0.25) is 5.88 Å². The van der Waals surface area contributed by atoms with E-state index in [1.54, 1.807) is 30.7 Å². The summed E-state index contributed by atoms with van der Waals surface area (Å²) in [5, 5.41) is 12.1. The molecule has 0 aromatic carbocycles. The molecule has 2 heterocycles. The molecule has 4 heteroatoms. The highest BCUT2D eigenvalue weighted by Crippen LogP contribution is 2.23. The largest absolute Gasteiger partial charge is 0.481 e. The van der Waals surface area contributed by atoms with Crippen molar-refractivity contribution in [1.82, 2.24) is 4.98 Å². The lowest BCUT2D eigenvalue weighted by Crippen LogP contribution is -2.01. The molecule has 2 rings (SSSR count). The molecule has 1 atom stereocenters. The van der Waals surface area contributed by atoms with Crippen molar-refractivity contribution in [2.24, 2.45) is 0 Å². The number of aryl methyl sites for hydroxylation is 1. The highest BCUT2D eigenvalue weighted by atomic mass is 32.1. The molecule has 0 saturated heterocycles. The lowest BCUT2D eigenvalue weighted by Gasteiger charge is -2.08. The van der Waals surface area contributed by atoms with Crippen LogP contribution in [0.5, 0.6) is 5.88 Å². The van der Waals surface area contributed by atoms with Crippen LogP contribution in [0.1, 0.15) is 22.1 Å². The van der Waals surface area contributed by atoms with Gasteiger partial charge in [0, 0.05) is 23.6 Å². The Bertz CT molecular complexity index is 478. The van der Waals surface area contributed by atoms with Crippen molar-refractivity contribution in [3.8, 4) is 5.88 Å². The summed E-state index contributed by atoms with van der Waals surface area (Å²) < 4.78 is 4.99. The van der Waals surface area contributed by atoms with Crippen LogP contribution in [0.3, 0.4) is 0 Å². The Morgan fingerprint density at radius 3 is 2.82 bits per heavy atom. The van der Waals surface area contributed by atoms with Gasteiger partial charge in [-0.15, -0.1) is 11.3 Å². The molecule has 2 aromatic heterocycles. The fourth-order valence-electron chi connectivity index (χ4n) is 1.63. The van der Waals surface area contributed by atoms with Gasteiger partial charge in [-0.25, -0.2) is 4.98 Å². The average Bonchev–Trinajstić information content (AvgIpc) is 2.77. The maximum Gasteiger partial charge on any atom is 0.212 e. The summed E-state index contributed by atoms with van der Waals surface area (Å²) >= 11 is 1.65. The Hall–Kier alpha value is -1.39. The number of rotatable bonds is 4. The molecule has 2 aromatic rings. The quantitative estimate of drug-likeness (QED) is 0.906. The number of aliphatic hydroxyl groups is 1. The van der Waals surface area contributed by atoms with Crippen molar-refractivity contribution in [3.05, 3.63) is 45.8 Å². The maximum absolute atomic E-state index is 10.1. The monoisotopic (exact) mass is 249 g/mol. The third-order valence-corrected chi connectivity index (χ3v) is 3.45. The third-order valence-electron chi connectivity index (χ3n) is 2.57. The van der Waals surface area contributed by atoms with Crippen LogP contribution in [-0.2, 0) is 6.42 Å². The zero-order valence-corrected chi connectivity index (χ0v) is 10.7. The third kappa shape index (κ3) is 3.05. The zero-order chi connectivity index (χ0) is 12.3. The molecule has 1 unspecified atom stereocenters. The van der Waals surface area contributed by atoms with E-state index in [2.05, 4.69) is 4.98 Å². The number of aliphatic hydroxyl groups excluding tert-OH is 1. The molecule has 0 amide bonds. The molecule has 3 nitrogen and oxygen atoms in total. The molecule has 1 N–H and O–H groups in total. The molecule has 0 aliphatic carbocycles. The summed E-state index contributed by atoms with van der Waals surface area (Å²) in [7, 11) is 1.59. The van der Waals surface area contributed by atoms with Gasteiger partial charge in [0.1, 0.15) is 0 Å². The van der Waals surface area contributed by atoms with Crippen LogP contribution >= 0.6 is 11.3 Å². The summed E-state index contributed by atoms with van der Waals surface area (Å²) in [5.41, 5.74) is 1.98. The first-order valence-electron chi connectivity index (χ1n) is 5.41. The summed E-state index contributed by atoms with van der Waals surface area (Å²) in [6.07, 6.45) is 1.85. The van der Waals surface area contributed by atoms with Crippen LogP contribution in [0, 0.1) is 6.92 Å². The van der Waals surface area contributed by atoms with E-state index in [0.29, 0.717) is 12.3 Å². The second-order valence-electron chi connectivity index (χ2n) is 3.92. The predicted octanol–water partition coefficient (Wildman–Crippen LogP) is 2.74. The molecular weight excluding hydrogens is 234 g/mol. The zero-order valence-electron chi connectivity index (χ0n) is 9.88. The standard InChI is InChI=1S/C13H15NO2S/c1-9-5-11(8-17-9)12(15)6-10-3-4-13(16-2)14-7-10/h3-5,7-8,12,15H,6H2,1-2H3. The first-order chi connectivity index (χ1) is 8.19.